The molecule has 0 saturated carbocycles. The predicted molar refractivity (Wildman–Crippen MR) is 118 cm³/mol. The second kappa shape index (κ2) is 9.43. The lowest BCUT2D eigenvalue weighted by atomic mass is 9.96. The van der Waals surface area contributed by atoms with Gasteiger partial charge in [-0.2, -0.15) is 0 Å². The van der Waals surface area contributed by atoms with Crippen LogP contribution in [0.3, 0.4) is 0 Å². The molecule has 0 aromatic heterocycles. The van der Waals surface area contributed by atoms with E-state index in [1.54, 1.807) is 9.80 Å². The van der Waals surface area contributed by atoms with Crippen LogP contribution in [0, 0.1) is 5.92 Å². The first-order valence-electron chi connectivity index (χ1n) is 11.1. The summed E-state index contributed by atoms with van der Waals surface area (Å²) in [5.74, 6) is -0.0150. The molecule has 2 heterocycles. The Kier molecular flexibility index (Phi) is 6.48. The third-order valence-electron chi connectivity index (χ3n) is 6.45. The van der Waals surface area contributed by atoms with E-state index in [1.165, 1.54) is 11.1 Å². The van der Waals surface area contributed by atoms with Gasteiger partial charge in [0.2, 0.25) is 0 Å². The van der Waals surface area contributed by atoms with Gasteiger partial charge in [-0.25, -0.2) is 0 Å². The molecular formula is C25H31N3O2. The number of rotatable bonds is 3. The largest absolute Gasteiger partial charge is 0.334 e. The molecule has 5 nitrogen and oxygen atoms in total. The molecule has 2 aromatic carbocycles. The third-order valence-corrected chi connectivity index (χ3v) is 6.45. The van der Waals surface area contributed by atoms with Crippen LogP contribution >= 0.6 is 0 Å². The maximum Gasteiger partial charge on any atom is 0.312 e. The first-order chi connectivity index (χ1) is 14.6. The van der Waals surface area contributed by atoms with Gasteiger partial charge in [0.05, 0.1) is 6.04 Å². The summed E-state index contributed by atoms with van der Waals surface area (Å²) in [4.78, 5) is 31.4. The molecule has 2 aliphatic rings. The molecule has 0 aliphatic carbocycles. The molecule has 0 radical (unpaired) electrons. The highest BCUT2D eigenvalue weighted by Gasteiger charge is 2.33. The van der Waals surface area contributed by atoms with Gasteiger partial charge in [0, 0.05) is 39.3 Å². The number of hydrogen-bond donors (Lipinski definition) is 0. The van der Waals surface area contributed by atoms with Crippen LogP contribution in [0.25, 0.3) is 0 Å². The lowest BCUT2D eigenvalue weighted by molar-refractivity contribution is -0.153. The monoisotopic (exact) mass is 405 g/mol. The number of carbonyl (C=O) groups is 2. The Hall–Kier alpha value is -2.66. The summed E-state index contributed by atoms with van der Waals surface area (Å²) in [6.45, 7) is 6.30. The number of nitrogens with zero attached hydrogens (tertiary/aromatic N) is 3. The zero-order valence-corrected chi connectivity index (χ0v) is 17.7. The van der Waals surface area contributed by atoms with Crippen molar-refractivity contribution in [2.24, 2.45) is 5.92 Å². The molecule has 0 atom stereocenters. The second-order valence-electron chi connectivity index (χ2n) is 8.53. The predicted octanol–water partition coefficient (Wildman–Crippen LogP) is 3.18. The molecule has 0 spiro atoms. The Bertz CT molecular complexity index is 800. The van der Waals surface area contributed by atoms with E-state index in [9.17, 15) is 9.59 Å². The fourth-order valence-corrected chi connectivity index (χ4v) is 4.55. The Morgan fingerprint density at radius 3 is 1.60 bits per heavy atom. The summed E-state index contributed by atoms with van der Waals surface area (Å²) in [5, 5.41) is 0. The van der Waals surface area contributed by atoms with E-state index >= 15 is 0 Å². The van der Waals surface area contributed by atoms with Crippen LogP contribution in [0.4, 0.5) is 0 Å². The van der Waals surface area contributed by atoms with E-state index in [0.29, 0.717) is 32.1 Å². The number of hydrogen-bond acceptors (Lipinski definition) is 3. The van der Waals surface area contributed by atoms with Gasteiger partial charge in [-0.05, 0) is 29.9 Å². The molecule has 0 N–H and O–H groups in total. The van der Waals surface area contributed by atoms with Crippen molar-refractivity contribution in [3.63, 3.8) is 0 Å². The van der Waals surface area contributed by atoms with Crippen LogP contribution in [0.5, 0.6) is 0 Å². The Morgan fingerprint density at radius 2 is 1.13 bits per heavy atom. The fourth-order valence-electron chi connectivity index (χ4n) is 4.55. The standard InChI is InChI=1S/C25H31N3O2/c1-20-12-14-27(15-13-20)24(29)25(30)28-18-16-26(17-19-28)23(21-8-4-2-5-9-21)22-10-6-3-7-11-22/h2-11,20,23H,12-19H2,1H3. The van der Waals surface area contributed by atoms with Gasteiger partial charge in [0.1, 0.15) is 0 Å². The minimum absolute atomic E-state index is 0.156. The normalized spacial score (nSPS) is 18.6. The molecule has 0 bridgehead atoms. The van der Waals surface area contributed by atoms with Crippen molar-refractivity contribution in [2.75, 3.05) is 39.3 Å². The molecule has 5 heteroatoms. The van der Waals surface area contributed by atoms with Gasteiger partial charge in [-0.3, -0.25) is 14.5 Å². The van der Waals surface area contributed by atoms with E-state index in [1.807, 2.05) is 12.1 Å². The smallest absolute Gasteiger partial charge is 0.312 e. The topological polar surface area (TPSA) is 43.9 Å². The molecule has 2 saturated heterocycles. The average molecular weight is 406 g/mol. The number of piperazine rings is 1. The summed E-state index contributed by atoms with van der Waals surface area (Å²) >= 11 is 0. The SMILES string of the molecule is CC1CCN(C(=O)C(=O)N2CCN(C(c3ccccc3)c3ccccc3)CC2)CC1. The Balaban J connectivity index is 1.42. The number of benzene rings is 2. The number of piperidine rings is 1. The summed E-state index contributed by atoms with van der Waals surface area (Å²) in [6, 6.07) is 21.2. The molecule has 2 aromatic rings. The highest BCUT2D eigenvalue weighted by Crippen LogP contribution is 2.29. The van der Waals surface area contributed by atoms with Gasteiger partial charge >= 0.3 is 11.8 Å². The Labute approximate surface area is 179 Å². The zero-order chi connectivity index (χ0) is 20.9. The molecule has 2 amide bonds. The highest BCUT2D eigenvalue weighted by atomic mass is 16.2. The van der Waals surface area contributed by atoms with Gasteiger partial charge in [0.25, 0.3) is 0 Å². The van der Waals surface area contributed by atoms with E-state index in [2.05, 4.69) is 60.4 Å². The third kappa shape index (κ3) is 4.57. The molecule has 2 fully saturated rings. The number of amides is 2. The van der Waals surface area contributed by atoms with E-state index < -0.39 is 0 Å². The lowest BCUT2D eigenvalue weighted by Gasteiger charge is -2.40. The Morgan fingerprint density at radius 1 is 0.700 bits per heavy atom. The highest BCUT2D eigenvalue weighted by molar-refractivity contribution is 6.34. The van der Waals surface area contributed by atoms with Crippen LogP contribution in [-0.2, 0) is 9.59 Å². The number of likely N-dealkylation sites (tertiary alicyclic amines) is 1. The van der Waals surface area contributed by atoms with Crippen molar-refractivity contribution >= 4 is 11.8 Å². The summed E-state index contributed by atoms with van der Waals surface area (Å²) in [7, 11) is 0. The molecule has 4 rings (SSSR count). The van der Waals surface area contributed by atoms with Crippen molar-refractivity contribution < 1.29 is 9.59 Å². The van der Waals surface area contributed by atoms with Gasteiger partial charge in [-0.1, -0.05) is 67.6 Å². The van der Waals surface area contributed by atoms with E-state index in [0.717, 1.165) is 25.9 Å². The lowest BCUT2D eigenvalue weighted by Crippen LogP contribution is -2.54. The fraction of sp³-hybridized carbons (Fsp3) is 0.440. The van der Waals surface area contributed by atoms with Gasteiger partial charge in [-0.15, -0.1) is 0 Å². The van der Waals surface area contributed by atoms with Crippen molar-refractivity contribution in [3.8, 4) is 0 Å². The van der Waals surface area contributed by atoms with Crippen molar-refractivity contribution in [3.05, 3.63) is 71.8 Å². The van der Waals surface area contributed by atoms with Crippen molar-refractivity contribution in [2.45, 2.75) is 25.8 Å². The van der Waals surface area contributed by atoms with Crippen LogP contribution in [0.1, 0.15) is 36.9 Å². The maximum atomic E-state index is 12.8. The molecular weight excluding hydrogens is 374 g/mol. The quantitative estimate of drug-likeness (QED) is 0.737. The summed E-state index contributed by atoms with van der Waals surface area (Å²) in [5.41, 5.74) is 2.50. The molecule has 158 valence electrons. The number of carbonyl (C=O) groups excluding carboxylic acids is 2. The summed E-state index contributed by atoms with van der Waals surface area (Å²) < 4.78 is 0. The van der Waals surface area contributed by atoms with Gasteiger partial charge in [0.15, 0.2) is 0 Å². The molecule has 0 unspecified atom stereocenters. The van der Waals surface area contributed by atoms with Crippen LogP contribution < -0.4 is 0 Å². The van der Waals surface area contributed by atoms with E-state index in [4.69, 9.17) is 0 Å². The van der Waals surface area contributed by atoms with Crippen molar-refractivity contribution in [1.82, 2.24) is 14.7 Å². The van der Waals surface area contributed by atoms with Gasteiger partial charge < -0.3 is 9.80 Å². The maximum absolute atomic E-state index is 12.8. The van der Waals surface area contributed by atoms with Crippen LogP contribution in [0.2, 0.25) is 0 Å². The van der Waals surface area contributed by atoms with E-state index in [-0.39, 0.29) is 17.9 Å². The zero-order valence-electron chi connectivity index (χ0n) is 17.7. The molecule has 2 aliphatic heterocycles. The molecule has 30 heavy (non-hydrogen) atoms. The van der Waals surface area contributed by atoms with Crippen molar-refractivity contribution in [1.29, 1.82) is 0 Å². The first-order valence-corrected chi connectivity index (χ1v) is 11.1. The summed E-state index contributed by atoms with van der Waals surface area (Å²) in [6.07, 6.45) is 1.98. The van der Waals surface area contributed by atoms with Crippen LogP contribution in [-0.4, -0.2) is 65.8 Å². The van der Waals surface area contributed by atoms with Crippen LogP contribution in [0.15, 0.2) is 60.7 Å². The minimum atomic E-state index is -0.333. The first kappa shape index (κ1) is 20.6. The average Bonchev–Trinajstić information content (AvgIpc) is 2.81. The minimum Gasteiger partial charge on any atom is -0.334 e. The second-order valence-corrected chi connectivity index (χ2v) is 8.53.